The average Bonchev–Trinajstić information content (AvgIpc) is 1.87. The van der Waals surface area contributed by atoms with E-state index in [1.807, 2.05) is 0 Å². The minimum Gasteiger partial charge on any atom is -0.276 e. The lowest BCUT2D eigenvalue weighted by Gasteiger charge is -2.00. The summed E-state index contributed by atoms with van der Waals surface area (Å²) in [5.41, 5.74) is 0.551. The number of halogens is 2. The van der Waals surface area contributed by atoms with Gasteiger partial charge in [-0.05, 0) is 31.4 Å². The Bertz CT molecular complexity index is 169. The molecule has 0 saturated carbocycles. The molecule has 0 aromatic carbocycles. The number of hydrogen-bond donors (Lipinski definition) is 0. The third-order valence-corrected chi connectivity index (χ3v) is 1.89. The maximum Gasteiger partial charge on any atom is 0.249 e. The summed E-state index contributed by atoms with van der Waals surface area (Å²) in [6.07, 6.45) is 2.68. The Hall–Kier alpha value is -0.0100. The van der Waals surface area contributed by atoms with E-state index in [2.05, 4.69) is 6.92 Å². The van der Waals surface area contributed by atoms with Crippen molar-refractivity contribution >= 4 is 28.4 Å². The molecule has 3 heteroatoms. The predicted octanol–water partition coefficient (Wildman–Crippen LogP) is 3.45. The van der Waals surface area contributed by atoms with E-state index in [1.165, 1.54) is 0 Å². The van der Waals surface area contributed by atoms with E-state index in [1.54, 1.807) is 6.92 Å². The summed E-state index contributed by atoms with van der Waals surface area (Å²) in [6.45, 7) is 3.74. The van der Waals surface area contributed by atoms with Gasteiger partial charge in [0.2, 0.25) is 5.24 Å². The number of rotatable bonds is 4. The molecule has 0 N–H and O–H groups in total. The Morgan fingerprint density at radius 1 is 1.36 bits per heavy atom. The third-order valence-electron chi connectivity index (χ3n) is 1.43. The summed E-state index contributed by atoms with van der Waals surface area (Å²) >= 11 is 10.9. The van der Waals surface area contributed by atoms with Crippen LogP contribution in [0.25, 0.3) is 0 Å². The Balaban J connectivity index is 4.14. The van der Waals surface area contributed by atoms with Crippen LogP contribution in [0.3, 0.4) is 0 Å². The molecule has 0 rings (SSSR count). The second kappa shape index (κ2) is 5.62. The molecule has 64 valence electrons. The van der Waals surface area contributed by atoms with Gasteiger partial charge in [0.25, 0.3) is 0 Å². The van der Waals surface area contributed by atoms with Gasteiger partial charge in [0.1, 0.15) is 0 Å². The number of allylic oxidation sites excluding steroid dienone is 2. The normalized spacial score (nSPS) is 12.7. The van der Waals surface area contributed by atoms with Crippen LogP contribution in [-0.4, -0.2) is 5.24 Å². The molecule has 11 heavy (non-hydrogen) atoms. The van der Waals surface area contributed by atoms with Gasteiger partial charge in [0.15, 0.2) is 0 Å². The van der Waals surface area contributed by atoms with Gasteiger partial charge in [-0.1, -0.05) is 24.9 Å². The first-order chi connectivity index (χ1) is 5.09. The molecule has 1 nitrogen and oxygen atoms in total. The highest BCUT2D eigenvalue weighted by Crippen LogP contribution is 2.17. The minimum absolute atomic E-state index is 0.425. The highest BCUT2D eigenvalue weighted by molar-refractivity contribution is 6.68. The van der Waals surface area contributed by atoms with Gasteiger partial charge >= 0.3 is 0 Å². The van der Waals surface area contributed by atoms with E-state index in [0.29, 0.717) is 17.0 Å². The van der Waals surface area contributed by atoms with E-state index >= 15 is 0 Å². The Labute approximate surface area is 77.4 Å². The van der Waals surface area contributed by atoms with E-state index in [0.717, 1.165) is 12.8 Å². The van der Waals surface area contributed by atoms with Gasteiger partial charge in [0.05, 0.1) is 0 Å². The molecule has 0 aliphatic carbocycles. The summed E-state index contributed by atoms with van der Waals surface area (Å²) in [5, 5.41) is 0.0874. The number of unbranched alkanes of at least 4 members (excludes halogenated alkanes) is 1. The highest BCUT2D eigenvalue weighted by atomic mass is 35.5. The fraction of sp³-hybridized carbons (Fsp3) is 0.625. The fourth-order valence-corrected chi connectivity index (χ4v) is 1.22. The summed E-state index contributed by atoms with van der Waals surface area (Å²) in [7, 11) is 0. The lowest BCUT2D eigenvalue weighted by Crippen LogP contribution is -1.95. The van der Waals surface area contributed by atoms with Gasteiger partial charge in [-0.15, -0.1) is 0 Å². The summed E-state index contributed by atoms with van der Waals surface area (Å²) < 4.78 is 0. The maximum absolute atomic E-state index is 10.7. The van der Waals surface area contributed by atoms with Crippen molar-refractivity contribution in [2.45, 2.75) is 33.1 Å². The van der Waals surface area contributed by atoms with Crippen LogP contribution >= 0.6 is 23.2 Å². The summed E-state index contributed by atoms with van der Waals surface area (Å²) in [4.78, 5) is 10.7. The molecule has 0 radical (unpaired) electrons. The molecular weight excluding hydrogens is 183 g/mol. The van der Waals surface area contributed by atoms with Gasteiger partial charge in [-0.3, -0.25) is 4.79 Å². The van der Waals surface area contributed by atoms with E-state index in [9.17, 15) is 4.79 Å². The van der Waals surface area contributed by atoms with Crippen LogP contribution in [0.2, 0.25) is 0 Å². The van der Waals surface area contributed by atoms with Crippen molar-refractivity contribution in [2.24, 2.45) is 0 Å². The minimum atomic E-state index is -0.425. The first-order valence-corrected chi connectivity index (χ1v) is 4.40. The maximum atomic E-state index is 10.7. The van der Waals surface area contributed by atoms with Crippen LogP contribution < -0.4 is 0 Å². The zero-order chi connectivity index (χ0) is 8.85. The zero-order valence-corrected chi connectivity index (χ0v) is 8.30. The molecular formula is C8H12Cl2O. The first kappa shape index (κ1) is 11.0. The van der Waals surface area contributed by atoms with Gasteiger partial charge < -0.3 is 0 Å². The molecule has 0 amide bonds. The van der Waals surface area contributed by atoms with Crippen molar-refractivity contribution in [2.75, 3.05) is 0 Å². The number of carbonyl (C=O) groups excluding carboxylic acids is 1. The summed E-state index contributed by atoms with van der Waals surface area (Å²) in [5.74, 6) is 0. The smallest absolute Gasteiger partial charge is 0.249 e. The molecule has 0 saturated heterocycles. The van der Waals surface area contributed by atoms with Gasteiger partial charge in [0, 0.05) is 10.6 Å². The van der Waals surface area contributed by atoms with E-state index in [-0.39, 0.29) is 0 Å². The molecule has 0 aromatic heterocycles. The topological polar surface area (TPSA) is 17.1 Å². The van der Waals surface area contributed by atoms with Crippen molar-refractivity contribution in [1.29, 1.82) is 0 Å². The standard InChI is InChI=1S/C8H12Cl2O/c1-3-4-5-7(6(2)9)8(10)11/h3-5H2,1-2H3/b7-6+. The van der Waals surface area contributed by atoms with E-state index in [4.69, 9.17) is 23.2 Å². The highest BCUT2D eigenvalue weighted by Gasteiger charge is 2.07. The van der Waals surface area contributed by atoms with Crippen molar-refractivity contribution < 1.29 is 4.79 Å². The van der Waals surface area contributed by atoms with Crippen molar-refractivity contribution in [1.82, 2.24) is 0 Å². The van der Waals surface area contributed by atoms with Crippen molar-refractivity contribution in [3.05, 3.63) is 10.6 Å². The second-order valence-corrected chi connectivity index (χ2v) is 3.30. The molecule has 0 unspecified atom stereocenters. The molecule has 0 aliphatic heterocycles. The van der Waals surface area contributed by atoms with Crippen LogP contribution in [0.15, 0.2) is 10.6 Å². The van der Waals surface area contributed by atoms with Gasteiger partial charge in [-0.2, -0.15) is 0 Å². The molecule has 0 atom stereocenters. The Morgan fingerprint density at radius 2 is 1.91 bits per heavy atom. The first-order valence-electron chi connectivity index (χ1n) is 3.64. The monoisotopic (exact) mass is 194 g/mol. The van der Waals surface area contributed by atoms with Crippen molar-refractivity contribution in [3.8, 4) is 0 Å². The van der Waals surface area contributed by atoms with Crippen LogP contribution in [0, 0.1) is 0 Å². The zero-order valence-electron chi connectivity index (χ0n) is 6.79. The predicted molar refractivity (Wildman–Crippen MR) is 48.9 cm³/mol. The quantitative estimate of drug-likeness (QED) is 0.495. The van der Waals surface area contributed by atoms with E-state index < -0.39 is 5.24 Å². The Kier molecular flexibility index (Phi) is 5.61. The van der Waals surface area contributed by atoms with Crippen LogP contribution in [0.4, 0.5) is 0 Å². The van der Waals surface area contributed by atoms with Crippen LogP contribution in [0.1, 0.15) is 33.1 Å². The molecule has 0 aliphatic rings. The lowest BCUT2D eigenvalue weighted by atomic mass is 10.1. The lowest BCUT2D eigenvalue weighted by molar-refractivity contribution is -0.108. The van der Waals surface area contributed by atoms with Crippen LogP contribution in [-0.2, 0) is 4.79 Å². The molecule has 0 spiro atoms. The molecule has 0 fully saturated rings. The average molecular weight is 195 g/mol. The van der Waals surface area contributed by atoms with Gasteiger partial charge in [-0.25, -0.2) is 0 Å². The van der Waals surface area contributed by atoms with Crippen LogP contribution in [0.5, 0.6) is 0 Å². The van der Waals surface area contributed by atoms with Crippen molar-refractivity contribution in [3.63, 3.8) is 0 Å². The summed E-state index contributed by atoms with van der Waals surface area (Å²) in [6, 6.07) is 0. The second-order valence-electron chi connectivity index (χ2n) is 2.39. The number of carbonyl (C=O) groups is 1. The largest absolute Gasteiger partial charge is 0.276 e. The number of hydrogen-bond acceptors (Lipinski definition) is 1. The SMILES string of the molecule is CCCC/C(C(=O)Cl)=C(/C)Cl. The Morgan fingerprint density at radius 3 is 2.18 bits per heavy atom. The third kappa shape index (κ3) is 4.44. The molecule has 0 bridgehead atoms. The fourth-order valence-electron chi connectivity index (χ4n) is 0.759. The molecule has 0 aromatic rings. The molecule has 0 heterocycles.